The third kappa shape index (κ3) is 4.52. The Kier molecular flexibility index (Phi) is 4.95. The summed E-state index contributed by atoms with van der Waals surface area (Å²) in [7, 11) is 2.09. The average Bonchev–Trinajstić information content (AvgIpc) is 2.31. The molecule has 0 saturated carbocycles. The largest absolute Gasteiger partial charge is 0.480 e. The predicted molar refractivity (Wildman–Crippen MR) is 68.5 cm³/mol. The molecule has 0 aromatic carbocycles. The summed E-state index contributed by atoms with van der Waals surface area (Å²) < 4.78 is 0. The molecule has 1 aliphatic rings. The Bertz CT molecular complexity index is 312. The van der Waals surface area contributed by atoms with Gasteiger partial charge in [-0.1, -0.05) is 6.92 Å². The van der Waals surface area contributed by atoms with E-state index >= 15 is 0 Å². The Hall–Kier alpha value is -1.30. The van der Waals surface area contributed by atoms with E-state index in [1.165, 1.54) is 6.92 Å². The number of carboxylic acids is 1. The van der Waals surface area contributed by atoms with Gasteiger partial charge < -0.3 is 20.6 Å². The van der Waals surface area contributed by atoms with Crippen LogP contribution in [0.15, 0.2) is 0 Å². The maximum absolute atomic E-state index is 11.5. The van der Waals surface area contributed by atoms with E-state index in [1.54, 1.807) is 0 Å². The maximum Gasteiger partial charge on any atom is 0.325 e. The topological polar surface area (TPSA) is 81.7 Å². The molecule has 1 rings (SSSR count). The SMILES string of the molecule is CC(NC(=O)NCC1(C)CCN(C)CC1)C(=O)O. The van der Waals surface area contributed by atoms with E-state index in [9.17, 15) is 9.59 Å². The number of urea groups is 1. The number of amides is 2. The lowest BCUT2D eigenvalue weighted by molar-refractivity contribution is -0.138. The molecule has 1 fully saturated rings. The van der Waals surface area contributed by atoms with Crippen molar-refractivity contribution in [1.82, 2.24) is 15.5 Å². The first-order chi connectivity index (χ1) is 8.32. The summed E-state index contributed by atoms with van der Waals surface area (Å²) in [5, 5.41) is 13.8. The predicted octanol–water partition coefficient (Wildman–Crippen LogP) is 0.491. The Morgan fingerprint density at radius 2 is 1.94 bits per heavy atom. The Balaban J connectivity index is 2.31. The van der Waals surface area contributed by atoms with Gasteiger partial charge in [-0.2, -0.15) is 0 Å². The third-order valence-electron chi connectivity index (χ3n) is 3.59. The fourth-order valence-corrected chi connectivity index (χ4v) is 1.94. The molecule has 0 aromatic heterocycles. The quantitative estimate of drug-likeness (QED) is 0.684. The number of piperidine rings is 1. The summed E-state index contributed by atoms with van der Waals surface area (Å²) >= 11 is 0. The number of likely N-dealkylation sites (tertiary alicyclic amines) is 1. The van der Waals surface area contributed by atoms with Gasteiger partial charge in [-0.3, -0.25) is 4.79 Å². The minimum absolute atomic E-state index is 0.107. The molecule has 1 atom stereocenters. The first-order valence-corrected chi connectivity index (χ1v) is 6.28. The smallest absolute Gasteiger partial charge is 0.325 e. The molecule has 0 spiro atoms. The summed E-state index contributed by atoms with van der Waals surface area (Å²) in [6.07, 6.45) is 2.08. The molecule has 1 aliphatic heterocycles. The number of carbonyl (C=O) groups is 2. The highest BCUT2D eigenvalue weighted by molar-refractivity contribution is 5.82. The second-order valence-corrected chi connectivity index (χ2v) is 5.50. The van der Waals surface area contributed by atoms with E-state index in [0.29, 0.717) is 6.54 Å². The minimum Gasteiger partial charge on any atom is -0.480 e. The number of nitrogens with zero attached hydrogens (tertiary/aromatic N) is 1. The van der Waals surface area contributed by atoms with Crippen LogP contribution < -0.4 is 10.6 Å². The van der Waals surface area contributed by atoms with Gasteiger partial charge in [0.05, 0.1) is 0 Å². The maximum atomic E-state index is 11.5. The van der Waals surface area contributed by atoms with Crippen molar-refractivity contribution in [2.75, 3.05) is 26.7 Å². The lowest BCUT2D eigenvalue weighted by Crippen LogP contribution is -2.49. The summed E-state index contributed by atoms with van der Waals surface area (Å²) in [4.78, 5) is 24.4. The van der Waals surface area contributed by atoms with Crippen LogP contribution in [-0.2, 0) is 4.79 Å². The molecule has 2 amide bonds. The van der Waals surface area contributed by atoms with Gasteiger partial charge >= 0.3 is 12.0 Å². The van der Waals surface area contributed by atoms with Gasteiger partial charge in [0.15, 0.2) is 0 Å². The van der Waals surface area contributed by atoms with Crippen LogP contribution in [0.2, 0.25) is 0 Å². The fourth-order valence-electron chi connectivity index (χ4n) is 1.94. The lowest BCUT2D eigenvalue weighted by Gasteiger charge is -2.37. The Morgan fingerprint density at radius 1 is 1.39 bits per heavy atom. The van der Waals surface area contributed by atoms with Crippen LogP contribution in [0.25, 0.3) is 0 Å². The molecular formula is C12H23N3O3. The summed E-state index contributed by atoms with van der Waals surface area (Å²) in [5.74, 6) is -1.03. The van der Waals surface area contributed by atoms with Crippen LogP contribution in [0.1, 0.15) is 26.7 Å². The van der Waals surface area contributed by atoms with Crippen LogP contribution in [0.5, 0.6) is 0 Å². The lowest BCUT2D eigenvalue weighted by atomic mass is 9.80. The number of rotatable bonds is 4. The van der Waals surface area contributed by atoms with Gasteiger partial charge in [0.25, 0.3) is 0 Å². The molecule has 0 bridgehead atoms. The number of aliphatic carboxylic acids is 1. The van der Waals surface area contributed by atoms with Crippen LogP contribution in [0.4, 0.5) is 4.79 Å². The summed E-state index contributed by atoms with van der Waals surface area (Å²) in [5.41, 5.74) is 0.107. The number of hydrogen-bond acceptors (Lipinski definition) is 3. The fraction of sp³-hybridized carbons (Fsp3) is 0.833. The highest BCUT2D eigenvalue weighted by Crippen LogP contribution is 2.29. The molecule has 104 valence electrons. The summed E-state index contributed by atoms with van der Waals surface area (Å²) in [6, 6.07) is -1.28. The second kappa shape index (κ2) is 6.04. The van der Waals surface area contributed by atoms with E-state index in [2.05, 4.69) is 29.5 Å². The van der Waals surface area contributed by atoms with Gasteiger partial charge in [0, 0.05) is 6.54 Å². The molecule has 0 aromatic rings. The summed E-state index contributed by atoms with van der Waals surface area (Å²) in [6.45, 7) is 6.25. The van der Waals surface area contributed by atoms with E-state index in [4.69, 9.17) is 5.11 Å². The number of nitrogens with one attached hydrogen (secondary N) is 2. The first kappa shape index (κ1) is 14.8. The van der Waals surface area contributed by atoms with Crippen LogP contribution in [-0.4, -0.2) is 54.7 Å². The van der Waals surface area contributed by atoms with Crippen LogP contribution >= 0.6 is 0 Å². The zero-order chi connectivity index (χ0) is 13.8. The second-order valence-electron chi connectivity index (χ2n) is 5.50. The standard InChI is InChI=1S/C12H23N3O3/c1-9(10(16)17)14-11(18)13-8-12(2)4-6-15(3)7-5-12/h9H,4-8H2,1-3H3,(H,16,17)(H2,13,14,18). The Morgan fingerprint density at radius 3 is 2.44 bits per heavy atom. The average molecular weight is 257 g/mol. The highest BCUT2D eigenvalue weighted by atomic mass is 16.4. The molecule has 18 heavy (non-hydrogen) atoms. The van der Waals surface area contributed by atoms with Crippen LogP contribution in [0.3, 0.4) is 0 Å². The highest BCUT2D eigenvalue weighted by Gasteiger charge is 2.29. The van der Waals surface area contributed by atoms with E-state index in [-0.39, 0.29) is 5.41 Å². The van der Waals surface area contributed by atoms with Crippen molar-refractivity contribution in [2.45, 2.75) is 32.7 Å². The Labute approximate surface area is 108 Å². The van der Waals surface area contributed by atoms with Crippen LogP contribution in [0, 0.1) is 5.41 Å². The molecule has 1 unspecified atom stereocenters. The minimum atomic E-state index is -1.03. The van der Waals surface area contributed by atoms with Gasteiger partial charge in [0.2, 0.25) is 0 Å². The number of carboxylic acid groups (broad SMARTS) is 1. The van der Waals surface area contributed by atoms with Crippen molar-refractivity contribution in [3.05, 3.63) is 0 Å². The third-order valence-corrected chi connectivity index (χ3v) is 3.59. The molecule has 6 heteroatoms. The van der Waals surface area contributed by atoms with Crippen molar-refractivity contribution >= 4 is 12.0 Å². The van der Waals surface area contributed by atoms with E-state index in [1.807, 2.05) is 0 Å². The van der Waals surface area contributed by atoms with E-state index < -0.39 is 18.0 Å². The zero-order valence-corrected chi connectivity index (χ0v) is 11.3. The van der Waals surface area contributed by atoms with Gasteiger partial charge in [-0.05, 0) is 45.3 Å². The monoisotopic (exact) mass is 257 g/mol. The molecule has 0 radical (unpaired) electrons. The normalized spacial score (nSPS) is 21.1. The molecule has 6 nitrogen and oxygen atoms in total. The molecule has 1 saturated heterocycles. The van der Waals surface area contributed by atoms with Crippen molar-refractivity contribution in [1.29, 1.82) is 0 Å². The van der Waals surface area contributed by atoms with Crippen molar-refractivity contribution in [3.63, 3.8) is 0 Å². The van der Waals surface area contributed by atoms with Gasteiger partial charge in [-0.15, -0.1) is 0 Å². The van der Waals surface area contributed by atoms with Crippen molar-refractivity contribution in [3.8, 4) is 0 Å². The van der Waals surface area contributed by atoms with Crippen molar-refractivity contribution in [2.24, 2.45) is 5.41 Å². The molecular weight excluding hydrogens is 234 g/mol. The molecule has 1 heterocycles. The van der Waals surface area contributed by atoms with E-state index in [0.717, 1.165) is 25.9 Å². The number of hydrogen-bond donors (Lipinski definition) is 3. The number of carbonyl (C=O) groups excluding carboxylic acids is 1. The first-order valence-electron chi connectivity index (χ1n) is 6.28. The van der Waals surface area contributed by atoms with Gasteiger partial charge in [0.1, 0.15) is 6.04 Å². The molecule has 0 aliphatic carbocycles. The zero-order valence-electron chi connectivity index (χ0n) is 11.3. The van der Waals surface area contributed by atoms with Gasteiger partial charge in [-0.25, -0.2) is 4.79 Å². The van der Waals surface area contributed by atoms with Crippen molar-refractivity contribution < 1.29 is 14.7 Å². The molecule has 3 N–H and O–H groups in total.